The lowest BCUT2D eigenvalue weighted by molar-refractivity contribution is -0.301. The van der Waals surface area contributed by atoms with Crippen LogP contribution in [0.4, 0.5) is 0 Å². The molecular formula is C57H92O12S. The van der Waals surface area contributed by atoms with E-state index in [0.29, 0.717) is 13.0 Å². The van der Waals surface area contributed by atoms with Crippen molar-refractivity contribution in [2.75, 3.05) is 26.4 Å². The largest absolute Gasteiger partial charge is 0.457 e. The van der Waals surface area contributed by atoms with Gasteiger partial charge in [0.05, 0.1) is 19.8 Å². The van der Waals surface area contributed by atoms with Gasteiger partial charge in [-0.2, -0.15) is 8.42 Å². The van der Waals surface area contributed by atoms with Gasteiger partial charge in [-0.3, -0.25) is 9.35 Å². The minimum atomic E-state index is -5.08. The highest BCUT2D eigenvalue weighted by molar-refractivity contribution is 7.80. The molecule has 1 fully saturated rings. The van der Waals surface area contributed by atoms with Gasteiger partial charge in [0.2, 0.25) is 0 Å². The summed E-state index contributed by atoms with van der Waals surface area (Å²) in [5.41, 5.74) is 0. The lowest BCUT2D eigenvalue weighted by Crippen LogP contribution is -2.60. The third-order valence-electron chi connectivity index (χ3n) is 11.1. The monoisotopic (exact) mass is 1000 g/mol. The highest BCUT2D eigenvalue weighted by Crippen LogP contribution is 2.26. The number of unbranched alkanes of at least 4 members (excludes halogenated alkanes) is 11. The third-order valence-corrected chi connectivity index (χ3v) is 11.5. The fraction of sp³-hybridized carbons (Fsp3) is 0.632. The minimum absolute atomic E-state index is 0.000982. The van der Waals surface area contributed by atoms with Gasteiger partial charge in [0.25, 0.3) is 0 Å². The van der Waals surface area contributed by atoms with Crippen molar-refractivity contribution in [1.29, 1.82) is 0 Å². The van der Waals surface area contributed by atoms with Crippen LogP contribution in [0.2, 0.25) is 0 Å². The van der Waals surface area contributed by atoms with Crippen molar-refractivity contribution in [3.63, 3.8) is 0 Å². The van der Waals surface area contributed by atoms with Crippen molar-refractivity contribution in [2.24, 2.45) is 0 Å². The van der Waals surface area contributed by atoms with E-state index in [2.05, 4.69) is 140 Å². The molecule has 0 aliphatic carbocycles. The van der Waals surface area contributed by atoms with Gasteiger partial charge in [-0.25, -0.2) is 4.18 Å². The van der Waals surface area contributed by atoms with Crippen LogP contribution < -0.4 is 0 Å². The Morgan fingerprint density at radius 3 is 1.37 bits per heavy atom. The molecule has 6 atom stereocenters. The van der Waals surface area contributed by atoms with Crippen molar-refractivity contribution in [2.45, 2.75) is 205 Å². The van der Waals surface area contributed by atoms with Gasteiger partial charge in [-0.1, -0.05) is 180 Å². The Morgan fingerprint density at radius 2 is 0.943 bits per heavy atom. The van der Waals surface area contributed by atoms with Crippen molar-refractivity contribution >= 4 is 16.4 Å². The Hall–Kier alpha value is -3.50. The summed E-state index contributed by atoms with van der Waals surface area (Å²) in [6.07, 6.45) is 58.0. The minimum Gasteiger partial charge on any atom is -0.457 e. The fourth-order valence-electron chi connectivity index (χ4n) is 7.20. The summed E-state index contributed by atoms with van der Waals surface area (Å²) in [5.74, 6) is -0.425. The molecule has 4 N–H and O–H groups in total. The van der Waals surface area contributed by atoms with E-state index < -0.39 is 59.8 Å². The van der Waals surface area contributed by atoms with E-state index in [4.69, 9.17) is 18.9 Å². The second-order valence-electron chi connectivity index (χ2n) is 17.3. The van der Waals surface area contributed by atoms with Crippen LogP contribution in [0.25, 0.3) is 0 Å². The molecule has 0 spiro atoms. The lowest BCUT2D eigenvalue weighted by Gasteiger charge is -2.41. The topological polar surface area (TPSA) is 178 Å². The molecule has 13 heteroatoms. The van der Waals surface area contributed by atoms with E-state index in [9.17, 15) is 33.1 Å². The van der Waals surface area contributed by atoms with Crippen LogP contribution in [0.5, 0.6) is 0 Å². The molecule has 1 saturated heterocycles. The van der Waals surface area contributed by atoms with Crippen LogP contribution >= 0.6 is 0 Å². The van der Waals surface area contributed by atoms with Crippen LogP contribution in [0.3, 0.4) is 0 Å². The molecule has 0 saturated carbocycles. The summed E-state index contributed by atoms with van der Waals surface area (Å²) in [4.78, 5) is 12.9. The summed E-state index contributed by atoms with van der Waals surface area (Å²) in [6, 6.07) is 0. The summed E-state index contributed by atoms with van der Waals surface area (Å²) in [5, 5.41) is 30.8. The first-order valence-corrected chi connectivity index (χ1v) is 27.7. The van der Waals surface area contributed by atoms with Crippen LogP contribution in [-0.2, 0) is 38.3 Å². The van der Waals surface area contributed by atoms with Crippen LogP contribution in [0.15, 0.2) is 122 Å². The third kappa shape index (κ3) is 39.2. The molecule has 1 aliphatic rings. The molecule has 0 aromatic rings. The molecule has 398 valence electrons. The zero-order chi connectivity index (χ0) is 51.0. The van der Waals surface area contributed by atoms with Crippen LogP contribution in [-0.4, -0.2) is 97.5 Å². The van der Waals surface area contributed by atoms with E-state index in [-0.39, 0.29) is 19.6 Å². The number of rotatable bonds is 44. The van der Waals surface area contributed by atoms with Crippen molar-refractivity contribution in [1.82, 2.24) is 0 Å². The van der Waals surface area contributed by atoms with E-state index in [1.165, 1.54) is 19.3 Å². The molecule has 1 aliphatic heterocycles. The first kappa shape index (κ1) is 64.5. The lowest BCUT2D eigenvalue weighted by atomic mass is 9.99. The molecule has 70 heavy (non-hydrogen) atoms. The zero-order valence-electron chi connectivity index (χ0n) is 42.8. The molecule has 0 radical (unpaired) electrons. The van der Waals surface area contributed by atoms with E-state index in [0.717, 1.165) is 122 Å². The maximum Gasteiger partial charge on any atom is 0.397 e. The normalized spacial score (nSPS) is 20.1. The van der Waals surface area contributed by atoms with E-state index >= 15 is 0 Å². The van der Waals surface area contributed by atoms with Crippen molar-refractivity contribution in [3.8, 4) is 0 Å². The summed E-state index contributed by atoms with van der Waals surface area (Å²) < 4.78 is 59.3. The average molecular weight is 1000 g/mol. The Balaban J connectivity index is 2.40. The fourth-order valence-corrected chi connectivity index (χ4v) is 7.70. The number of aliphatic hydroxyl groups is 3. The van der Waals surface area contributed by atoms with Crippen molar-refractivity contribution < 1.29 is 56.2 Å². The number of esters is 1. The molecule has 1 rings (SSSR count). The second kappa shape index (κ2) is 46.6. The highest BCUT2D eigenvalue weighted by atomic mass is 32.3. The standard InChI is InChI=1S/C57H92O12S/c1-3-5-7-9-11-13-15-17-19-21-23-25-27-29-31-33-35-37-39-41-43-45-47-65-49-51(50-66-57-55(61)56(69-70(62,63)64)54(60)52(48-58)68-57)67-53(59)46-44-42-40-38-36-34-32-30-28-26-24-22-20-18-16-14-12-10-8-6-4-2/h5-8,11-14,17-20,23-26,29,31,35,37,51-52,54-58,60-61H,3-4,9-10,15-16,21-22,27-28,30,32-34,36,38-50H2,1-2H3,(H,62,63,64)/b7-5-,8-6-,13-11-,14-12-,19-17-,20-18-,25-23-,26-24-,31-29-,37-35-. The maximum atomic E-state index is 12.9. The van der Waals surface area contributed by atoms with Gasteiger partial charge in [-0.05, 0) is 103 Å². The highest BCUT2D eigenvalue weighted by Gasteiger charge is 2.48. The van der Waals surface area contributed by atoms with Crippen LogP contribution in [0.1, 0.15) is 168 Å². The van der Waals surface area contributed by atoms with Crippen molar-refractivity contribution in [3.05, 3.63) is 122 Å². The first-order chi connectivity index (χ1) is 34.1. The van der Waals surface area contributed by atoms with Crippen LogP contribution in [0, 0.1) is 0 Å². The smallest absolute Gasteiger partial charge is 0.397 e. The van der Waals surface area contributed by atoms with E-state index in [1.54, 1.807) is 0 Å². The zero-order valence-corrected chi connectivity index (χ0v) is 43.6. The first-order valence-electron chi connectivity index (χ1n) is 26.3. The summed E-state index contributed by atoms with van der Waals surface area (Å²) in [6.45, 7) is 3.65. The number of carbonyl (C=O) groups is 1. The van der Waals surface area contributed by atoms with Gasteiger partial charge >= 0.3 is 16.4 Å². The summed E-state index contributed by atoms with van der Waals surface area (Å²) >= 11 is 0. The SMILES string of the molecule is CC/C=C\C/C=C\C/C=C\C/C=C\C/C=C\C/C=C\CCCCCOCC(COC1OC(CO)C(O)C(OS(=O)(=O)O)C1O)OC(=O)CCCCCCCCCC/C=C\C/C=C\C/C=C\C/C=C\CC. The van der Waals surface area contributed by atoms with Gasteiger partial charge in [0, 0.05) is 13.0 Å². The number of allylic oxidation sites excluding steroid dienone is 20. The number of ether oxygens (including phenoxy) is 4. The predicted octanol–water partition coefficient (Wildman–Crippen LogP) is 12.5. The Morgan fingerprint density at radius 1 is 0.543 bits per heavy atom. The average Bonchev–Trinajstić information content (AvgIpc) is 3.34. The quantitative estimate of drug-likeness (QED) is 0.0197. The number of hydrogen-bond donors (Lipinski definition) is 4. The Bertz CT molecular complexity index is 1670. The summed E-state index contributed by atoms with van der Waals surface area (Å²) in [7, 11) is -5.08. The number of carbonyl (C=O) groups excluding carboxylic acids is 1. The maximum absolute atomic E-state index is 12.9. The molecule has 12 nitrogen and oxygen atoms in total. The molecule has 0 aromatic carbocycles. The van der Waals surface area contributed by atoms with Gasteiger partial charge < -0.3 is 34.3 Å². The molecule has 6 unspecified atom stereocenters. The molecule has 0 aromatic heterocycles. The Kier molecular flexibility index (Phi) is 42.9. The second-order valence-corrected chi connectivity index (χ2v) is 18.4. The van der Waals surface area contributed by atoms with Gasteiger partial charge in [0.1, 0.15) is 30.5 Å². The van der Waals surface area contributed by atoms with Gasteiger partial charge in [0.15, 0.2) is 6.29 Å². The van der Waals surface area contributed by atoms with Gasteiger partial charge in [-0.15, -0.1) is 0 Å². The molecule has 1 heterocycles. The predicted molar refractivity (Wildman–Crippen MR) is 284 cm³/mol. The Labute approximate surface area is 423 Å². The molecule has 0 bridgehead atoms. The number of hydrogen-bond acceptors (Lipinski definition) is 11. The number of aliphatic hydroxyl groups excluding tert-OH is 3. The van der Waals surface area contributed by atoms with E-state index in [1.807, 2.05) is 0 Å². The molecule has 0 amide bonds. The molecular weight excluding hydrogens is 909 g/mol.